The Morgan fingerprint density at radius 1 is 1.29 bits per heavy atom. The highest BCUT2D eigenvalue weighted by atomic mass is 16.5. The van der Waals surface area contributed by atoms with E-state index in [4.69, 9.17) is 4.74 Å². The normalized spacial score (nSPS) is 18.6. The van der Waals surface area contributed by atoms with Gasteiger partial charge in [0.05, 0.1) is 0 Å². The van der Waals surface area contributed by atoms with Gasteiger partial charge in [0, 0.05) is 6.54 Å². The van der Waals surface area contributed by atoms with E-state index >= 15 is 0 Å². The van der Waals surface area contributed by atoms with E-state index in [1.54, 1.807) is 0 Å². The number of hydrogen-bond donors (Lipinski definition) is 2. The van der Waals surface area contributed by atoms with Gasteiger partial charge >= 0.3 is 0 Å². The van der Waals surface area contributed by atoms with Crippen LogP contribution in [0.2, 0.25) is 0 Å². The largest absolute Gasteiger partial charge is 0.484 e. The molecule has 0 spiro atoms. The van der Waals surface area contributed by atoms with Crippen LogP contribution in [-0.4, -0.2) is 31.0 Å². The molecule has 0 bridgehead atoms. The molecule has 0 aliphatic carbocycles. The van der Waals surface area contributed by atoms with E-state index in [1.807, 2.05) is 32.0 Å². The molecule has 0 radical (unpaired) electrons. The van der Waals surface area contributed by atoms with Crippen molar-refractivity contribution in [2.75, 3.05) is 13.2 Å². The number of carbonyl (C=O) groups excluding carboxylic acids is 2. The summed E-state index contributed by atoms with van der Waals surface area (Å²) in [6, 6.07) is 5.38. The van der Waals surface area contributed by atoms with Gasteiger partial charge in [-0.3, -0.25) is 9.59 Å². The molecular weight excluding hydrogens is 268 g/mol. The van der Waals surface area contributed by atoms with Gasteiger partial charge in [0.1, 0.15) is 11.8 Å². The van der Waals surface area contributed by atoms with Gasteiger partial charge in [-0.25, -0.2) is 0 Å². The maximum atomic E-state index is 11.9. The Bertz CT molecular complexity index is 508. The van der Waals surface area contributed by atoms with Gasteiger partial charge in [-0.05, 0) is 56.4 Å². The van der Waals surface area contributed by atoms with Crippen LogP contribution in [0.15, 0.2) is 18.2 Å². The molecule has 1 heterocycles. The molecule has 0 aromatic heterocycles. The van der Waals surface area contributed by atoms with Gasteiger partial charge in [-0.15, -0.1) is 0 Å². The minimum atomic E-state index is -0.442. The summed E-state index contributed by atoms with van der Waals surface area (Å²) in [5.74, 6) is 0.302. The van der Waals surface area contributed by atoms with Crippen LogP contribution in [0.3, 0.4) is 0 Å². The summed E-state index contributed by atoms with van der Waals surface area (Å²) >= 11 is 0. The van der Waals surface area contributed by atoms with Crippen LogP contribution in [-0.2, 0) is 9.59 Å². The summed E-state index contributed by atoms with van der Waals surface area (Å²) in [7, 11) is 0. The lowest BCUT2D eigenvalue weighted by atomic mass is 10.1. The van der Waals surface area contributed by atoms with Crippen LogP contribution < -0.4 is 15.4 Å². The molecule has 2 N–H and O–H groups in total. The number of rotatable bonds is 4. The van der Waals surface area contributed by atoms with E-state index in [1.165, 1.54) is 0 Å². The Morgan fingerprint density at radius 2 is 2.00 bits per heavy atom. The number of aryl methyl sites for hydroxylation is 2. The Kier molecular flexibility index (Phi) is 5.20. The maximum Gasteiger partial charge on any atom is 0.258 e. The van der Waals surface area contributed by atoms with Crippen molar-refractivity contribution in [2.24, 2.45) is 0 Å². The summed E-state index contributed by atoms with van der Waals surface area (Å²) in [6.45, 7) is 4.57. The fraction of sp³-hybridized carbons (Fsp3) is 0.500. The molecule has 21 heavy (non-hydrogen) atoms. The van der Waals surface area contributed by atoms with Crippen molar-refractivity contribution < 1.29 is 14.3 Å². The zero-order valence-electron chi connectivity index (χ0n) is 12.6. The van der Waals surface area contributed by atoms with Crippen molar-refractivity contribution in [3.05, 3.63) is 29.3 Å². The average molecular weight is 290 g/mol. The van der Waals surface area contributed by atoms with E-state index < -0.39 is 6.04 Å². The number of ether oxygens (including phenoxy) is 1. The van der Waals surface area contributed by atoms with Gasteiger partial charge in [0.15, 0.2) is 6.61 Å². The summed E-state index contributed by atoms with van der Waals surface area (Å²) in [5, 5.41) is 5.53. The lowest BCUT2D eigenvalue weighted by Crippen LogP contribution is -2.46. The molecule has 1 aromatic rings. The Morgan fingerprint density at radius 3 is 2.71 bits per heavy atom. The van der Waals surface area contributed by atoms with E-state index in [0.717, 1.165) is 24.0 Å². The monoisotopic (exact) mass is 290 g/mol. The summed E-state index contributed by atoms with van der Waals surface area (Å²) in [4.78, 5) is 23.6. The molecule has 1 saturated heterocycles. The van der Waals surface area contributed by atoms with Gasteiger partial charge < -0.3 is 15.4 Å². The van der Waals surface area contributed by atoms with Crippen LogP contribution in [0.4, 0.5) is 0 Å². The molecule has 2 amide bonds. The standard InChI is InChI=1S/C16H22N2O3/c1-11-7-12(2)9-13(8-11)21-10-15(19)18-14-5-3-4-6-17-16(14)20/h7-9,14H,3-6,10H2,1-2H3,(H,17,20)(H,18,19). The van der Waals surface area contributed by atoms with E-state index in [-0.39, 0.29) is 18.4 Å². The van der Waals surface area contributed by atoms with Crippen molar-refractivity contribution in [2.45, 2.75) is 39.2 Å². The summed E-state index contributed by atoms with van der Waals surface area (Å²) in [6.07, 6.45) is 2.57. The van der Waals surface area contributed by atoms with Gasteiger partial charge in [0.2, 0.25) is 5.91 Å². The number of amides is 2. The summed E-state index contributed by atoms with van der Waals surface area (Å²) < 4.78 is 5.49. The third-order valence-electron chi connectivity index (χ3n) is 3.44. The predicted octanol–water partition coefficient (Wildman–Crippen LogP) is 1.47. The van der Waals surface area contributed by atoms with Crippen molar-refractivity contribution in [1.82, 2.24) is 10.6 Å². The van der Waals surface area contributed by atoms with Crippen molar-refractivity contribution in [3.8, 4) is 5.75 Å². The van der Waals surface area contributed by atoms with E-state index in [9.17, 15) is 9.59 Å². The molecule has 2 rings (SSSR count). The molecule has 1 aliphatic rings. The van der Waals surface area contributed by atoms with Crippen LogP contribution in [0.5, 0.6) is 5.75 Å². The predicted molar refractivity (Wildman–Crippen MR) is 80.2 cm³/mol. The molecule has 1 unspecified atom stereocenters. The lowest BCUT2D eigenvalue weighted by Gasteiger charge is -2.15. The van der Waals surface area contributed by atoms with Crippen molar-refractivity contribution in [1.29, 1.82) is 0 Å². The minimum absolute atomic E-state index is 0.0767. The fourth-order valence-corrected chi connectivity index (χ4v) is 2.48. The first kappa shape index (κ1) is 15.4. The molecule has 5 nitrogen and oxygen atoms in total. The fourth-order valence-electron chi connectivity index (χ4n) is 2.48. The lowest BCUT2D eigenvalue weighted by molar-refractivity contribution is -0.129. The molecule has 1 atom stereocenters. The third kappa shape index (κ3) is 4.77. The van der Waals surface area contributed by atoms with Crippen LogP contribution in [0, 0.1) is 13.8 Å². The number of benzene rings is 1. The maximum absolute atomic E-state index is 11.9. The highest BCUT2D eigenvalue weighted by Gasteiger charge is 2.22. The average Bonchev–Trinajstić information content (AvgIpc) is 2.61. The van der Waals surface area contributed by atoms with Crippen molar-refractivity contribution >= 4 is 11.8 Å². The van der Waals surface area contributed by atoms with Crippen LogP contribution in [0.25, 0.3) is 0 Å². The molecule has 5 heteroatoms. The second-order valence-electron chi connectivity index (χ2n) is 5.52. The first-order valence-corrected chi connectivity index (χ1v) is 7.33. The zero-order valence-corrected chi connectivity index (χ0v) is 12.6. The summed E-state index contributed by atoms with van der Waals surface area (Å²) in [5.41, 5.74) is 2.18. The molecule has 1 fully saturated rings. The van der Waals surface area contributed by atoms with Crippen LogP contribution in [0.1, 0.15) is 30.4 Å². The number of nitrogens with one attached hydrogen (secondary N) is 2. The van der Waals surface area contributed by atoms with Crippen LogP contribution >= 0.6 is 0 Å². The third-order valence-corrected chi connectivity index (χ3v) is 3.44. The second-order valence-corrected chi connectivity index (χ2v) is 5.52. The highest BCUT2D eigenvalue weighted by molar-refractivity contribution is 5.88. The molecule has 114 valence electrons. The van der Waals surface area contributed by atoms with E-state index in [2.05, 4.69) is 10.6 Å². The molecular formula is C16H22N2O3. The van der Waals surface area contributed by atoms with Crippen molar-refractivity contribution in [3.63, 3.8) is 0 Å². The van der Waals surface area contributed by atoms with Gasteiger partial charge in [0.25, 0.3) is 5.91 Å². The number of carbonyl (C=O) groups is 2. The van der Waals surface area contributed by atoms with E-state index in [0.29, 0.717) is 18.7 Å². The minimum Gasteiger partial charge on any atom is -0.484 e. The first-order valence-electron chi connectivity index (χ1n) is 7.33. The molecule has 1 aliphatic heterocycles. The smallest absolute Gasteiger partial charge is 0.258 e. The number of hydrogen-bond acceptors (Lipinski definition) is 3. The van der Waals surface area contributed by atoms with Gasteiger partial charge in [-0.2, -0.15) is 0 Å². The molecule has 1 aromatic carbocycles. The topological polar surface area (TPSA) is 67.4 Å². The SMILES string of the molecule is Cc1cc(C)cc(OCC(=O)NC2CCCCNC2=O)c1. The van der Waals surface area contributed by atoms with Gasteiger partial charge in [-0.1, -0.05) is 6.07 Å². The Balaban J connectivity index is 1.85. The Labute approximate surface area is 125 Å². The Hall–Kier alpha value is -2.04. The first-order chi connectivity index (χ1) is 10.0. The zero-order chi connectivity index (χ0) is 15.2. The second kappa shape index (κ2) is 7.11. The molecule has 0 saturated carbocycles. The highest BCUT2D eigenvalue weighted by Crippen LogP contribution is 2.16. The quantitative estimate of drug-likeness (QED) is 0.882.